The van der Waals surface area contributed by atoms with Crippen LogP contribution in [-0.2, 0) is 12.1 Å². The molecule has 1 aromatic heterocycles. The second-order valence-electron chi connectivity index (χ2n) is 4.53. The Morgan fingerprint density at radius 1 is 1.50 bits per heavy atom. The van der Waals surface area contributed by atoms with Crippen molar-refractivity contribution < 1.29 is 13.9 Å². The highest BCUT2D eigenvalue weighted by Gasteiger charge is 2.38. The molecule has 0 unspecified atom stereocenters. The molecule has 0 spiro atoms. The summed E-state index contributed by atoms with van der Waals surface area (Å²) in [6, 6.07) is 2.88. The van der Waals surface area contributed by atoms with Crippen molar-refractivity contribution in [2.45, 2.75) is 19.1 Å². The van der Waals surface area contributed by atoms with Gasteiger partial charge in [0.1, 0.15) is 29.9 Å². The highest BCUT2D eigenvalue weighted by molar-refractivity contribution is 5.28. The number of aromatic nitrogens is 3. The second kappa shape index (κ2) is 5.39. The summed E-state index contributed by atoms with van der Waals surface area (Å²) < 4.78 is 28.6. The number of halogens is 2. The average molecular weight is 277 g/mol. The van der Waals surface area contributed by atoms with Crippen molar-refractivity contribution in [3.63, 3.8) is 0 Å². The maximum Gasteiger partial charge on any atom is 0.137 e. The van der Waals surface area contributed by atoms with Crippen LogP contribution in [0, 0.1) is 29.9 Å². The van der Waals surface area contributed by atoms with Crippen LogP contribution in [0.1, 0.15) is 12.5 Å². The lowest BCUT2D eigenvalue weighted by Gasteiger charge is -2.32. The molecule has 0 bridgehead atoms. The van der Waals surface area contributed by atoms with Crippen molar-refractivity contribution in [1.29, 1.82) is 0 Å². The average Bonchev–Trinajstić information content (AvgIpc) is 2.93. The van der Waals surface area contributed by atoms with E-state index in [9.17, 15) is 13.9 Å². The Morgan fingerprint density at radius 3 is 2.85 bits per heavy atom. The third-order valence-electron chi connectivity index (χ3n) is 3.23. The first-order valence-electron chi connectivity index (χ1n) is 5.94. The fraction of sp³-hybridized carbons (Fsp3) is 0.286. The van der Waals surface area contributed by atoms with Crippen LogP contribution in [0.15, 0.2) is 30.9 Å². The Bertz CT molecular complexity index is 636. The van der Waals surface area contributed by atoms with E-state index in [-0.39, 0.29) is 12.1 Å². The first-order chi connectivity index (χ1) is 9.47. The molecular formula is C14H13F2N3O. The molecule has 0 saturated heterocycles. The molecule has 2 rings (SSSR count). The molecule has 0 aliphatic rings. The highest BCUT2D eigenvalue weighted by Crippen LogP contribution is 2.33. The topological polar surface area (TPSA) is 50.9 Å². The van der Waals surface area contributed by atoms with Gasteiger partial charge < -0.3 is 5.11 Å². The minimum absolute atomic E-state index is 0.126. The minimum atomic E-state index is -1.78. The van der Waals surface area contributed by atoms with Crippen LogP contribution in [0.4, 0.5) is 8.78 Å². The van der Waals surface area contributed by atoms with Gasteiger partial charge in [-0.05, 0) is 25.1 Å². The zero-order valence-electron chi connectivity index (χ0n) is 10.8. The van der Waals surface area contributed by atoms with Crippen LogP contribution in [-0.4, -0.2) is 19.9 Å². The van der Waals surface area contributed by atoms with Gasteiger partial charge in [0.25, 0.3) is 0 Å². The van der Waals surface area contributed by atoms with Crippen molar-refractivity contribution in [2.24, 2.45) is 5.92 Å². The van der Waals surface area contributed by atoms with Crippen LogP contribution >= 0.6 is 0 Å². The van der Waals surface area contributed by atoms with Crippen molar-refractivity contribution in [2.75, 3.05) is 0 Å². The van der Waals surface area contributed by atoms with Crippen LogP contribution in [0.5, 0.6) is 0 Å². The van der Waals surface area contributed by atoms with Gasteiger partial charge in [0.15, 0.2) is 0 Å². The Balaban J connectivity index is 2.52. The fourth-order valence-electron chi connectivity index (χ4n) is 1.98. The van der Waals surface area contributed by atoms with Gasteiger partial charge in [0.2, 0.25) is 0 Å². The molecule has 2 aromatic rings. The summed E-state index contributed by atoms with van der Waals surface area (Å²) in [5, 5.41) is 14.6. The lowest BCUT2D eigenvalue weighted by Crippen LogP contribution is -2.38. The molecule has 4 nitrogen and oxygen atoms in total. The van der Waals surface area contributed by atoms with E-state index in [1.165, 1.54) is 17.3 Å². The van der Waals surface area contributed by atoms with Crippen molar-refractivity contribution in [3.8, 4) is 12.3 Å². The number of rotatable bonds is 4. The molecular weight excluding hydrogens is 264 g/mol. The molecule has 2 atom stereocenters. The van der Waals surface area contributed by atoms with Crippen LogP contribution < -0.4 is 0 Å². The second-order valence-corrected chi connectivity index (χ2v) is 4.53. The third kappa shape index (κ3) is 2.53. The van der Waals surface area contributed by atoms with E-state index in [0.29, 0.717) is 0 Å². The van der Waals surface area contributed by atoms with Gasteiger partial charge in [-0.15, -0.1) is 12.3 Å². The molecule has 0 saturated carbocycles. The van der Waals surface area contributed by atoms with Crippen LogP contribution in [0.3, 0.4) is 0 Å². The van der Waals surface area contributed by atoms with E-state index in [4.69, 9.17) is 6.42 Å². The normalized spacial score (nSPS) is 15.3. The van der Waals surface area contributed by atoms with E-state index in [1.54, 1.807) is 6.92 Å². The summed E-state index contributed by atoms with van der Waals surface area (Å²) in [4.78, 5) is 3.75. The molecule has 6 heteroatoms. The van der Waals surface area contributed by atoms with Crippen molar-refractivity contribution in [3.05, 3.63) is 48.1 Å². The number of hydrogen-bond donors (Lipinski definition) is 1. The van der Waals surface area contributed by atoms with E-state index < -0.39 is 23.2 Å². The number of terminal acetylenes is 1. The quantitative estimate of drug-likeness (QED) is 0.866. The summed E-state index contributed by atoms with van der Waals surface area (Å²) in [5.41, 5.74) is -1.98. The third-order valence-corrected chi connectivity index (χ3v) is 3.23. The van der Waals surface area contributed by atoms with Crippen LogP contribution in [0.2, 0.25) is 0 Å². The lowest BCUT2D eigenvalue weighted by molar-refractivity contribution is -0.0193. The lowest BCUT2D eigenvalue weighted by atomic mass is 9.82. The Labute approximate surface area is 115 Å². The molecule has 1 aromatic carbocycles. The standard InChI is InChI=1S/C14H13F2N3O/c1-3-10(2)14(20,7-19-9-17-8-18-19)12-6-11(15)4-5-13(12)16/h1,4-6,8-10,20H,7H2,2H3/t10-,14+/m0/s1. The zero-order chi connectivity index (χ0) is 14.8. The molecule has 1 heterocycles. The molecule has 1 N–H and O–H groups in total. The van der Waals surface area contributed by atoms with Gasteiger partial charge in [0, 0.05) is 5.56 Å². The molecule has 0 radical (unpaired) electrons. The Hall–Kier alpha value is -2.26. The summed E-state index contributed by atoms with van der Waals surface area (Å²) in [6.45, 7) is 1.43. The number of benzene rings is 1. The monoisotopic (exact) mass is 277 g/mol. The smallest absolute Gasteiger partial charge is 0.137 e. The van der Waals surface area contributed by atoms with E-state index in [0.717, 1.165) is 18.2 Å². The fourth-order valence-corrected chi connectivity index (χ4v) is 1.98. The van der Waals surface area contributed by atoms with Crippen molar-refractivity contribution >= 4 is 0 Å². The first kappa shape index (κ1) is 14.2. The Morgan fingerprint density at radius 2 is 2.25 bits per heavy atom. The summed E-state index contributed by atoms with van der Waals surface area (Å²) in [6.07, 6.45) is 7.99. The largest absolute Gasteiger partial charge is 0.382 e. The summed E-state index contributed by atoms with van der Waals surface area (Å²) >= 11 is 0. The van der Waals surface area contributed by atoms with Gasteiger partial charge in [-0.3, -0.25) is 0 Å². The maximum absolute atomic E-state index is 13.9. The molecule has 104 valence electrons. The predicted molar refractivity (Wildman–Crippen MR) is 68.3 cm³/mol. The van der Waals surface area contributed by atoms with E-state index >= 15 is 0 Å². The molecule has 0 amide bonds. The zero-order valence-corrected chi connectivity index (χ0v) is 10.8. The molecule has 0 fully saturated rings. The van der Waals surface area contributed by atoms with E-state index in [1.807, 2.05) is 0 Å². The number of aliphatic hydroxyl groups is 1. The summed E-state index contributed by atoms with van der Waals surface area (Å²) in [7, 11) is 0. The summed E-state index contributed by atoms with van der Waals surface area (Å²) in [5.74, 6) is 0.239. The Kier molecular flexibility index (Phi) is 3.81. The van der Waals surface area contributed by atoms with Gasteiger partial charge in [-0.25, -0.2) is 18.4 Å². The SMILES string of the molecule is C#C[C@H](C)[C@](O)(Cn1cncn1)c1cc(F)ccc1F. The van der Waals surface area contributed by atoms with Gasteiger partial charge in [-0.1, -0.05) is 0 Å². The first-order valence-corrected chi connectivity index (χ1v) is 5.94. The predicted octanol–water partition coefficient (Wildman–Crippen LogP) is 1.71. The number of nitrogens with zero attached hydrogens (tertiary/aromatic N) is 3. The van der Waals surface area contributed by atoms with Gasteiger partial charge in [0.05, 0.1) is 12.5 Å². The molecule has 20 heavy (non-hydrogen) atoms. The highest BCUT2D eigenvalue weighted by atomic mass is 19.1. The molecule has 0 aliphatic carbocycles. The maximum atomic E-state index is 13.9. The van der Waals surface area contributed by atoms with Gasteiger partial charge in [-0.2, -0.15) is 5.10 Å². The van der Waals surface area contributed by atoms with Crippen LogP contribution in [0.25, 0.3) is 0 Å². The molecule has 0 aliphatic heterocycles. The minimum Gasteiger partial charge on any atom is -0.382 e. The van der Waals surface area contributed by atoms with E-state index in [2.05, 4.69) is 16.0 Å². The van der Waals surface area contributed by atoms with Crippen molar-refractivity contribution in [1.82, 2.24) is 14.8 Å². The van der Waals surface area contributed by atoms with Gasteiger partial charge >= 0.3 is 0 Å². The number of hydrogen-bond acceptors (Lipinski definition) is 3.